The van der Waals surface area contributed by atoms with Crippen molar-refractivity contribution in [1.29, 1.82) is 0 Å². The van der Waals surface area contributed by atoms with E-state index in [0.717, 1.165) is 12.8 Å². The number of fused-ring (bicyclic) bond motifs is 1. The van der Waals surface area contributed by atoms with Crippen molar-refractivity contribution < 1.29 is 14.0 Å². The van der Waals surface area contributed by atoms with Crippen LogP contribution in [0.4, 0.5) is 26.5 Å². The highest BCUT2D eigenvalue weighted by molar-refractivity contribution is 6.30. The number of benzene rings is 1. The minimum atomic E-state index is -0.586. The number of imide groups is 1. The lowest BCUT2D eigenvalue weighted by atomic mass is 10.2. The quantitative estimate of drug-likeness (QED) is 0.368. The normalized spacial score (nSPS) is 17.3. The summed E-state index contributed by atoms with van der Waals surface area (Å²) in [4.78, 5) is 27.8. The predicted molar refractivity (Wildman–Crippen MR) is 109 cm³/mol. The fraction of sp³-hybridized carbons (Fsp3) is 0.158. The summed E-state index contributed by atoms with van der Waals surface area (Å²) in [5.41, 5.74) is 1.52. The maximum atomic E-state index is 13.7. The molecular formula is C19H15ClFN7O2. The van der Waals surface area contributed by atoms with Crippen molar-refractivity contribution in [2.75, 3.05) is 10.6 Å². The first-order valence-electron chi connectivity index (χ1n) is 9.17. The second-order valence-corrected chi connectivity index (χ2v) is 7.47. The molecule has 0 unspecified atom stereocenters. The van der Waals surface area contributed by atoms with Crippen LogP contribution in [-0.2, 0) is 4.79 Å². The SMILES string of the molecule is O=C1NC(=O)/C(=C/c2cnn3c(NC4CC4)cc(Nc4cc(F)cc(Cl)c4)nc23)N1. The number of carbonyl (C=O) groups is 2. The molecule has 9 nitrogen and oxygen atoms in total. The van der Waals surface area contributed by atoms with Crippen LogP contribution >= 0.6 is 11.6 Å². The van der Waals surface area contributed by atoms with Crippen LogP contribution in [0, 0.1) is 5.82 Å². The number of hydrogen-bond acceptors (Lipinski definition) is 6. The number of carbonyl (C=O) groups excluding carboxylic acids is 2. The molecule has 1 aliphatic carbocycles. The third kappa shape index (κ3) is 3.64. The minimum Gasteiger partial charge on any atom is -0.367 e. The van der Waals surface area contributed by atoms with Gasteiger partial charge in [-0.1, -0.05) is 11.6 Å². The number of halogens is 2. The smallest absolute Gasteiger partial charge is 0.326 e. The number of aromatic nitrogens is 3. The van der Waals surface area contributed by atoms with Crippen molar-refractivity contribution in [3.63, 3.8) is 0 Å². The minimum absolute atomic E-state index is 0.101. The molecule has 1 aromatic carbocycles. The highest BCUT2D eigenvalue weighted by Gasteiger charge is 2.25. The van der Waals surface area contributed by atoms with Crippen molar-refractivity contribution in [2.45, 2.75) is 18.9 Å². The van der Waals surface area contributed by atoms with E-state index in [1.807, 2.05) is 0 Å². The summed E-state index contributed by atoms with van der Waals surface area (Å²) < 4.78 is 15.3. The van der Waals surface area contributed by atoms with E-state index in [-0.39, 0.29) is 10.7 Å². The van der Waals surface area contributed by atoms with E-state index in [1.54, 1.807) is 22.8 Å². The van der Waals surface area contributed by atoms with Crippen LogP contribution in [0.25, 0.3) is 11.7 Å². The van der Waals surface area contributed by atoms with Gasteiger partial charge in [0.25, 0.3) is 5.91 Å². The number of nitrogens with one attached hydrogen (secondary N) is 4. The zero-order valence-electron chi connectivity index (χ0n) is 15.4. The van der Waals surface area contributed by atoms with Crippen molar-refractivity contribution in [3.05, 3.63) is 52.6 Å². The number of urea groups is 1. The summed E-state index contributed by atoms with van der Waals surface area (Å²) in [5, 5.41) is 15.6. The molecule has 3 amide bonds. The molecule has 0 atom stereocenters. The molecule has 152 valence electrons. The van der Waals surface area contributed by atoms with Crippen molar-refractivity contribution in [2.24, 2.45) is 0 Å². The number of nitrogens with zero attached hydrogens (tertiary/aromatic N) is 3. The van der Waals surface area contributed by atoms with Gasteiger partial charge in [-0.25, -0.2) is 14.2 Å². The second kappa shape index (κ2) is 6.99. The van der Waals surface area contributed by atoms with Crippen LogP contribution in [0.5, 0.6) is 0 Å². The molecule has 11 heteroatoms. The third-order valence-electron chi connectivity index (χ3n) is 4.58. The van der Waals surface area contributed by atoms with E-state index in [2.05, 4.69) is 31.3 Å². The molecule has 30 heavy (non-hydrogen) atoms. The number of hydrogen-bond donors (Lipinski definition) is 4. The van der Waals surface area contributed by atoms with Gasteiger partial charge in [-0.3, -0.25) is 10.1 Å². The Morgan fingerprint density at radius 3 is 2.73 bits per heavy atom. The zero-order chi connectivity index (χ0) is 20.8. The van der Waals surface area contributed by atoms with Gasteiger partial charge in [0.1, 0.15) is 23.1 Å². The van der Waals surface area contributed by atoms with Crippen molar-refractivity contribution >= 4 is 52.6 Å². The number of rotatable bonds is 5. The van der Waals surface area contributed by atoms with Crippen LogP contribution in [-0.4, -0.2) is 32.6 Å². The number of amides is 3. The first-order valence-corrected chi connectivity index (χ1v) is 9.55. The molecule has 2 aliphatic rings. The monoisotopic (exact) mass is 427 g/mol. The Morgan fingerprint density at radius 1 is 1.20 bits per heavy atom. The van der Waals surface area contributed by atoms with Crippen LogP contribution in [0.2, 0.25) is 5.02 Å². The fourth-order valence-electron chi connectivity index (χ4n) is 3.10. The lowest BCUT2D eigenvalue weighted by molar-refractivity contribution is -0.115. The van der Waals surface area contributed by atoms with Crippen molar-refractivity contribution in [1.82, 2.24) is 25.2 Å². The molecular weight excluding hydrogens is 413 g/mol. The molecule has 0 radical (unpaired) electrons. The zero-order valence-corrected chi connectivity index (χ0v) is 16.1. The van der Waals surface area contributed by atoms with Gasteiger partial charge in [-0.05, 0) is 37.1 Å². The molecule has 0 spiro atoms. The van der Waals surface area contributed by atoms with Crippen LogP contribution in [0.1, 0.15) is 18.4 Å². The van der Waals surface area contributed by atoms with Crippen LogP contribution in [0.15, 0.2) is 36.2 Å². The summed E-state index contributed by atoms with van der Waals surface area (Å²) in [6.07, 6.45) is 5.15. The highest BCUT2D eigenvalue weighted by atomic mass is 35.5. The van der Waals surface area contributed by atoms with Gasteiger partial charge in [0.2, 0.25) is 0 Å². The van der Waals surface area contributed by atoms with E-state index in [9.17, 15) is 14.0 Å². The van der Waals surface area contributed by atoms with Gasteiger partial charge in [0.05, 0.1) is 6.20 Å². The van der Waals surface area contributed by atoms with Gasteiger partial charge in [0, 0.05) is 28.4 Å². The van der Waals surface area contributed by atoms with Gasteiger partial charge in [0.15, 0.2) is 5.65 Å². The lowest BCUT2D eigenvalue weighted by Gasteiger charge is -2.12. The average molecular weight is 428 g/mol. The predicted octanol–water partition coefficient (Wildman–Crippen LogP) is 3.02. The standard InChI is InChI=1S/C19H15ClFN7O2/c20-10-4-11(21)6-13(5-10)23-15-7-16(24-12-1-2-12)28-17(26-15)9(8-22-28)3-14-18(29)27-19(30)25-14/h3-8,12,24H,1-2H2,(H,23,26)(H2,25,27,29,30)/b14-3-. The molecule has 1 aliphatic heterocycles. The Labute approximate surface area is 174 Å². The lowest BCUT2D eigenvalue weighted by Crippen LogP contribution is -2.22. The van der Waals surface area contributed by atoms with E-state index >= 15 is 0 Å². The molecule has 1 saturated carbocycles. The molecule has 2 aromatic heterocycles. The maximum Gasteiger partial charge on any atom is 0.326 e. The van der Waals surface area contributed by atoms with E-state index in [1.165, 1.54) is 18.2 Å². The average Bonchev–Trinajstić information content (AvgIpc) is 3.30. The highest BCUT2D eigenvalue weighted by Crippen LogP contribution is 2.29. The van der Waals surface area contributed by atoms with Gasteiger partial charge >= 0.3 is 6.03 Å². The van der Waals surface area contributed by atoms with Crippen molar-refractivity contribution in [3.8, 4) is 0 Å². The Kier molecular flexibility index (Phi) is 4.28. The Hall–Kier alpha value is -3.66. The van der Waals surface area contributed by atoms with Gasteiger partial charge in [-0.2, -0.15) is 9.61 Å². The number of anilines is 3. The Bertz CT molecular complexity index is 1210. The van der Waals surface area contributed by atoms with Gasteiger partial charge < -0.3 is 16.0 Å². The molecule has 0 bridgehead atoms. The molecule has 3 heterocycles. The van der Waals surface area contributed by atoms with Crippen LogP contribution < -0.4 is 21.3 Å². The molecule has 3 aromatic rings. The summed E-state index contributed by atoms with van der Waals surface area (Å²) in [6, 6.07) is 5.63. The molecule has 5 rings (SSSR count). The van der Waals surface area contributed by atoms with Gasteiger partial charge in [-0.15, -0.1) is 0 Å². The second-order valence-electron chi connectivity index (χ2n) is 7.03. The molecule has 2 fully saturated rings. The van der Waals surface area contributed by atoms with E-state index in [0.29, 0.717) is 34.6 Å². The Balaban J connectivity index is 1.58. The molecule has 1 saturated heterocycles. The summed E-state index contributed by atoms with van der Waals surface area (Å²) in [6.45, 7) is 0. The summed E-state index contributed by atoms with van der Waals surface area (Å²) >= 11 is 5.94. The topological polar surface area (TPSA) is 112 Å². The third-order valence-corrected chi connectivity index (χ3v) is 4.80. The first kappa shape index (κ1) is 18.4. The molecule has 4 N–H and O–H groups in total. The van der Waals surface area contributed by atoms with E-state index < -0.39 is 17.8 Å². The first-order chi connectivity index (χ1) is 14.4. The maximum absolute atomic E-state index is 13.7. The van der Waals surface area contributed by atoms with E-state index in [4.69, 9.17) is 11.6 Å². The van der Waals surface area contributed by atoms with Crippen LogP contribution in [0.3, 0.4) is 0 Å². The summed E-state index contributed by atoms with van der Waals surface area (Å²) in [5.74, 6) is 0.129. The largest absolute Gasteiger partial charge is 0.367 e. The summed E-state index contributed by atoms with van der Waals surface area (Å²) in [7, 11) is 0. The Morgan fingerprint density at radius 2 is 2.03 bits per heavy atom. The fourth-order valence-corrected chi connectivity index (χ4v) is 3.32.